The first-order valence-electron chi connectivity index (χ1n) is 17.7. The summed E-state index contributed by atoms with van der Waals surface area (Å²) in [4.78, 5) is 0. The van der Waals surface area contributed by atoms with Crippen LogP contribution in [-0.2, 0) is 0 Å². The third kappa shape index (κ3) is 3.81. The lowest BCUT2D eigenvalue weighted by atomic mass is 10.0. The van der Waals surface area contributed by atoms with Crippen LogP contribution in [0.25, 0.3) is 110 Å². The van der Waals surface area contributed by atoms with Crippen LogP contribution in [-0.4, -0.2) is 9.13 Å². The van der Waals surface area contributed by atoms with Gasteiger partial charge < -0.3 is 18.0 Å². The fraction of sp³-hybridized carbons (Fsp3) is 0. The zero-order chi connectivity index (χ0) is 33.9. The standard InChI is InChI=1S/C48H28N2O2/c1-5-13-41-33(9-1)37-27-47-39(35-11-3-7-15-45(35)51-47)25-43(37)49(41)31-21-17-29(18-22-31)30-19-23-32(24-20-30)50-42-14-6-2-10-34(42)38-28-48-40(26-44(38)50)36-12-4-8-16-46(36)52-48/h1-28H. The Kier molecular flexibility index (Phi) is 5.47. The highest BCUT2D eigenvalue weighted by atomic mass is 16.3. The molecule has 0 unspecified atom stereocenters. The Bertz CT molecular complexity index is 3160. The summed E-state index contributed by atoms with van der Waals surface area (Å²) in [7, 11) is 0. The minimum absolute atomic E-state index is 0.915. The van der Waals surface area contributed by atoms with Crippen LogP contribution >= 0.6 is 0 Å². The Labute approximate surface area is 296 Å². The quantitative estimate of drug-likeness (QED) is 0.188. The number of rotatable bonds is 3. The molecule has 0 amide bonds. The maximum atomic E-state index is 6.28. The summed E-state index contributed by atoms with van der Waals surface area (Å²) < 4.78 is 17.3. The van der Waals surface area contributed by atoms with E-state index in [2.05, 4.69) is 155 Å². The number of hydrogen-bond donors (Lipinski definition) is 0. The highest BCUT2D eigenvalue weighted by Gasteiger charge is 2.18. The fourth-order valence-electron chi connectivity index (χ4n) is 8.54. The molecule has 0 saturated carbocycles. The molecule has 0 radical (unpaired) electrons. The molecule has 4 aromatic heterocycles. The van der Waals surface area contributed by atoms with Gasteiger partial charge >= 0.3 is 0 Å². The van der Waals surface area contributed by atoms with Crippen molar-refractivity contribution < 1.29 is 8.83 Å². The second-order valence-corrected chi connectivity index (χ2v) is 13.7. The summed E-state index contributed by atoms with van der Waals surface area (Å²) in [6.45, 7) is 0. The van der Waals surface area contributed by atoms with Crippen LogP contribution in [0.4, 0.5) is 0 Å². The van der Waals surface area contributed by atoms with Crippen LogP contribution in [0.5, 0.6) is 0 Å². The maximum Gasteiger partial charge on any atom is 0.136 e. The molecular formula is C48H28N2O2. The third-order valence-electron chi connectivity index (χ3n) is 10.9. The number of aromatic nitrogens is 2. The number of para-hydroxylation sites is 4. The van der Waals surface area contributed by atoms with E-state index in [9.17, 15) is 0 Å². The van der Waals surface area contributed by atoms with Gasteiger partial charge in [-0.25, -0.2) is 0 Å². The van der Waals surface area contributed by atoms with E-state index in [1.54, 1.807) is 0 Å². The lowest BCUT2D eigenvalue weighted by Gasteiger charge is -2.11. The fourth-order valence-corrected chi connectivity index (χ4v) is 8.54. The van der Waals surface area contributed by atoms with Gasteiger partial charge in [-0.2, -0.15) is 0 Å². The van der Waals surface area contributed by atoms with Crippen molar-refractivity contribution in [3.8, 4) is 22.5 Å². The average molecular weight is 665 g/mol. The largest absolute Gasteiger partial charge is 0.456 e. The number of hydrogen-bond acceptors (Lipinski definition) is 2. The molecule has 0 bridgehead atoms. The van der Waals surface area contributed by atoms with E-state index >= 15 is 0 Å². The van der Waals surface area contributed by atoms with Gasteiger partial charge in [-0.05, 0) is 83.9 Å². The van der Waals surface area contributed by atoms with Gasteiger partial charge in [-0.15, -0.1) is 0 Å². The first-order chi connectivity index (χ1) is 25.8. The molecule has 4 nitrogen and oxygen atoms in total. The maximum absolute atomic E-state index is 6.28. The molecule has 0 N–H and O–H groups in total. The van der Waals surface area contributed by atoms with Gasteiger partial charge in [0.15, 0.2) is 0 Å². The number of furan rings is 2. The molecule has 0 saturated heterocycles. The van der Waals surface area contributed by atoms with Gasteiger partial charge in [-0.1, -0.05) is 97.1 Å². The van der Waals surface area contributed by atoms with Crippen molar-refractivity contribution in [1.82, 2.24) is 9.13 Å². The summed E-state index contributed by atoms with van der Waals surface area (Å²) in [5, 5.41) is 9.35. The molecule has 4 heteroatoms. The molecule has 4 heterocycles. The van der Waals surface area contributed by atoms with Crippen LogP contribution in [0.3, 0.4) is 0 Å². The molecule has 0 aliphatic heterocycles. The van der Waals surface area contributed by atoms with E-state index in [-0.39, 0.29) is 0 Å². The van der Waals surface area contributed by atoms with Crippen LogP contribution in [0.2, 0.25) is 0 Å². The van der Waals surface area contributed by atoms with Crippen molar-refractivity contribution in [2.24, 2.45) is 0 Å². The van der Waals surface area contributed by atoms with Crippen LogP contribution < -0.4 is 0 Å². The summed E-state index contributed by atoms with van der Waals surface area (Å²) in [6, 6.07) is 60.7. The van der Waals surface area contributed by atoms with Gasteiger partial charge in [0.2, 0.25) is 0 Å². The van der Waals surface area contributed by atoms with E-state index in [1.807, 2.05) is 24.3 Å². The number of benzene rings is 8. The smallest absolute Gasteiger partial charge is 0.136 e. The molecular weight excluding hydrogens is 637 g/mol. The van der Waals surface area contributed by atoms with Crippen molar-refractivity contribution in [2.45, 2.75) is 0 Å². The first kappa shape index (κ1) is 27.7. The van der Waals surface area contributed by atoms with Gasteiger partial charge in [0.05, 0.1) is 22.1 Å². The van der Waals surface area contributed by atoms with Gasteiger partial charge in [0.25, 0.3) is 0 Å². The molecule has 12 rings (SSSR count). The highest BCUT2D eigenvalue weighted by molar-refractivity contribution is 6.18. The van der Waals surface area contributed by atoms with Gasteiger partial charge in [0.1, 0.15) is 22.3 Å². The van der Waals surface area contributed by atoms with Crippen LogP contribution in [0.1, 0.15) is 0 Å². The molecule has 12 aromatic rings. The molecule has 52 heavy (non-hydrogen) atoms. The number of fused-ring (bicyclic) bond motifs is 12. The lowest BCUT2D eigenvalue weighted by Crippen LogP contribution is -1.94. The Morgan fingerprint density at radius 3 is 1.10 bits per heavy atom. The summed E-state index contributed by atoms with van der Waals surface area (Å²) in [6.07, 6.45) is 0. The van der Waals surface area contributed by atoms with Crippen molar-refractivity contribution >= 4 is 87.5 Å². The molecule has 0 spiro atoms. The lowest BCUT2D eigenvalue weighted by molar-refractivity contribution is 0.669. The highest BCUT2D eigenvalue weighted by Crippen LogP contribution is 2.40. The van der Waals surface area contributed by atoms with Gasteiger partial charge in [-0.3, -0.25) is 0 Å². The Morgan fingerprint density at radius 2 is 0.654 bits per heavy atom. The van der Waals surface area contributed by atoms with Crippen molar-refractivity contribution in [3.05, 3.63) is 170 Å². The minimum atomic E-state index is 0.915. The van der Waals surface area contributed by atoms with Crippen molar-refractivity contribution in [3.63, 3.8) is 0 Å². The van der Waals surface area contributed by atoms with Crippen LogP contribution in [0.15, 0.2) is 179 Å². The molecule has 0 fully saturated rings. The monoisotopic (exact) mass is 664 g/mol. The average Bonchev–Trinajstić information content (AvgIpc) is 3.94. The van der Waals surface area contributed by atoms with E-state index < -0.39 is 0 Å². The summed E-state index contributed by atoms with van der Waals surface area (Å²) in [5.41, 5.74) is 13.0. The third-order valence-corrected chi connectivity index (χ3v) is 10.9. The number of nitrogens with zero attached hydrogens (tertiary/aromatic N) is 2. The summed E-state index contributed by atoms with van der Waals surface area (Å²) >= 11 is 0. The SMILES string of the molecule is c1ccc2c(c1)oc1cc3c4ccccc4n(-c4ccc(-c5ccc(-n6c7ccccc7c7cc8oc9ccccc9c8cc76)cc5)cc4)c3cc12. The minimum Gasteiger partial charge on any atom is -0.456 e. The first-order valence-corrected chi connectivity index (χ1v) is 17.7. The Balaban J connectivity index is 0.967. The van der Waals surface area contributed by atoms with E-state index in [4.69, 9.17) is 8.83 Å². The molecule has 242 valence electrons. The van der Waals surface area contributed by atoms with E-state index in [0.29, 0.717) is 0 Å². The van der Waals surface area contributed by atoms with E-state index in [1.165, 1.54) is 54.7 Å². The zero-order valence-electron chi connectivity index (χ0n) is 27.9. The summed E-state index contributed by atoms with van der Waals surface area (Å²) in [5.74, 6) is 0. The second kappa shape index (κ2) is 10.3. The molecule has 0 aliphatic carbocycles. The predicted octanol–water partition coefficient (Wildman–Crippen LogP) is 13.3. The topological polar surface area (TPSA) is 36.1 Å². The predicted molar refractivity (Wildman–Crippen MR) is 215 cm³/mol. The Hall–Kier alpha value is -7.04. The van der Waals surface area contributed by atoms with Crippen LogP contribution in [0, 0.1) is 0 Å². The van der Waals surface area contributed by atoms with Crippen molar-refractivity contribution in [1.29, 1.82) is 0 Å². The van der Waals surface area contributed by atoms with Crippen molar-refractivity contribution in [2.75, 3.05) is 0 Å². The molecule has 0 atom stereocenters. The normalized spacial score (nSPS) is 12.2. The zero-order valence-corrected chi connectivity index (χ0v) is 27.9. The molecule has 8 aromatic carbocycles. The molecule has 0 aliphatic rings. The van der Waals surface area contributed by atoms with E-state index in [0.717, 1.165) is 55.3 Å². The second-order valence-electron chi connectivity index (χ2n) is 13.7. The van der Waals surface area contributed by atoms with Gasteiger partial charge in [0, 0.05) is 54.5 Å². The Morgan fingerprint density at radius 1 is 0.269 bits per heavy atom.